The Kier molecular flexibility index (Phi) is 1.34. The summed E-state index contributed by atoms with van der Waals surface area (Å²) in [6, 6.07) is 0. The van der Waals surface area contributed by atoms with Crippen molar-refractivity contribution in [2.24, 2.45) is 11.8 Å². The van der Waals surface area contributed by atoms with E-state index in [9.17, 15) is 4.79 Å². The molecule has 0 spiro atoms. The van der Waals surface area contributed by atoms with Crippen molar-refractivity contribution in [3.05, 3.63) is 0 Å². The number of hydrogen-bond donors (Lipinski definition) is 0. The van der Waals surface area contributed by atoms with Gasteiger partial charge in [0.25, 0.3) is 0 Å². The van der Waals surface area contributed by atoms with Crippen molar-refractivity contribution >= 4 is 5.97 Å². The highest BCUT2D eigenvalue weighted by Crippen LogP contribution is 2.44. The van der Waals surface area contributed by atoms with Gasteiger partial charge in [-0.1, -0.05) is 13.8 Å². The second kappa shape index (κ2) is 2.25. The first-order valence-electron chi connectivity index (χ1n) is 4.70. The second-order valence-corrected chi connectivity index (χ2v) is 4.15. The highest BCUT2D eigenvalue weighted by molar-refractivity contribution is 5.76. The van der Waals surface area contributed by atoms with Gasteiger partial charge in [-0.25, -0.2) is 4.79 Å². The number of hydrogen-bond acceptors (Lipinski definition) is 4. The molecule has 0 amide bonds. The largest absolute Gasteiger partial charge is 0.431 e. The van der Waals surface area contributed by atoms with Crippen LogP contribution in [0.3, 0.4) is 0 Å². The zero-order valence-electron chi connectivity index (χ0n) is 7.60. The van der Waals surface area contributed by atoms with Crippen LogP contribution in [0, 0.1) is 11.8 Å². The number of carbonyl (C=O) groups is 1. The summed E-state index contributed by atoms with van der Waals surface area (Å²) in [7, 11) is 0. The summed E-state index contributed by atoms with van der Waals surface area (Å²) >= 11 is 0. The zero-order valence-corrected chi connectivity index (χ0v) is 7.60. The van der Waals surface area contributed by atoms with Crippen molar-refractivity contribution < 1.29 is 19.0 Å². The number of fused-ring (bicyclic) bond motifs is 2. The van der Waals surface area contributed by atoms with Gasteiger partial charge in [0.05, 0.1) is 6.10 Å². The Balaban J connectivity index is 2.02. The van der Waals surface area contributed by atoms with Crippen molar-refractivity contribution in [1.82, 2.24) is 0 Å². The summed E-state index contributed by atoms with van der Waals surface area (Å²) in [5, 5.41) is 0. The molecule has 3 rings (SSSR count). The topological polar surface area (TPSA) is 44.8 Å². The molecule has 72 valence electrons. The fourth-order valence-corrected chi connectivity index (χ4v) is 2.59. The van der Waals surface area contributed by atoms with E-state index in [-0.39, 0.29) is 24.1 Å². The number of esters is 1. The summed E-state index contributed by atoms with van der Waals surface area (Å²) in [4.78, 5) is 11.3. The molecular formula is C9H12O4. The van der Waals surface area contributed by atoms with E-state index in [2.05, 4.69) is 6.92 Å². The fourth-order valence-electron chi connectivity index (χ4n) is 2.59. The molecular weight excluding hydrogens is 172 g/mol. The van der Waals surface area contributed by atoms with Gasteiger partial charge < -0.3 is 14.2 Å². The summed E-state index contributed by atoms with van der Waals surface area (Å²) in [5.41, 5.74) is 0. The molecule has 13 heavy (non-hydrogen) atoms. The monoisotopic (exact) mass is 184 g/mol. The molecule has 6 atom stereocenters. The first-order chi connectivity index (χ1) is 6.18. The predicted octanol–water partition coefficient (Wildman–Crippen LogP) is 0.308. The summed E-state index contributed by atoms with van der Waals surface area (Å²) in [6.45, 7) is 4.07. The Morgan fingerprint density at radius 3 is 2.62 bits per heavy atom. The minimum atomic E-state index is -0.450. The highest BCUT2D eigenvalue weighted by Gasteiger charge is 2.59. The molecule has 0 aromatic carbocycles. The molecule has 3 bridgehead atoms. The molecule has 0 aromatic rings. The van der Waals surface area contributed by atoms with Gasteiger partial charge in [0.15, 0.2) is 6.10 Å². The maximum absolute atomic E-state index is 11.3. The number of rotatable bonds is 0. The first kappa shape index (κ1) is 7.76. The fraction of sp³-hybridized carbons (Fsp3) is 0.889. The van der Waals surface area contributed by atoms with Gasteiger partial charge in [0.1, 0.15) is 6.10 Å². The molecule has 0 saturated carbocycles. The maximum atomic E-state index is 11.3. The van der Waals surface area contributed by atoms with E-state index < -0.39 is 12.4 Å². The molecule has 0 aromatic heterocycles. The standard InChI is InChI=1S/C9H12O4/c1-3-5-4(2)7-9(12-5)13-8(10)6(3)11-7/h3-7,9H,1-2H3/t3-,4+,5?,6+,7-,9-/m0/s1. The smallest absolute Gasteiger partial charge is 0.338 e. The van der Waals surface area contributed by atoms with Crippen LogP contribution >= 0.6 is 0 Å². The van der Waals surface area contributed by atoms with E-state index >= 15 is 0 Å². The Morgan fingerprint density at radius 2 is 1.85 bits per heavy atom. The van der Waals surface area contributed by atoms with Gasteiger partial charge in [-0.2, -0.15) is 0 Å². The molecule has 0 aliphatic carbocycles. The predicted molar refractivity (Wildman–Crippen MR) is 41.7 cm³/mol. The Bertz CT molecular complexity index is 264. The molecule has 1 unspecified atom stereocenters. The van der Waals surface area contributed by atoms with Gasteiger partial charge in [0.2, 0.25) is 6.29 Å². The van der Waals surface area contributed by atoms with Crippen molar-refractivity contribution in [2.45, 2.75) is 38.4 Å². The van der Waals surface area contributed by atoms with E-state index in [0.29, 0.717) is 5.92 Å². The van der Waals surface area contributed by atoms with Crippen LogP contribution in [0.15, 0.2) is 0 Å². The van der Waals surface area contributed by atoms with E-state index in [1.165, 1.54) is 0 Å². The number of ether oxygens (including phenoxy) is 3. The third-order valence-corrected chi connectivity index (χ3v) is 3.36. The van der Waals surface area contributed by atoms with E-state index in [4.69, 9.17) is 14.2 Å². The van der Waals surface area contributed by atoms with E-state index in [1.54, 1.807) is 0 Å². The maximum Gasteiger partial charge on any atom is 0.338 e. The minimum absolute atomic E-state index is 0.0381. The third-order valence-electron chi connectivity index (χ3n) is 3.36. The first-order valence-corrected chi connectivity index (χ1v) is 4.70. The van der Waals surface area contributed by atoms with Gasteiger partial charge in [0, 0.05) is 11.8 Å². The normalized spacial score (nSPS) is 58.2. The van der Waals surface area contributed by atoms with Crippen molar-refractivity contribution in [3.8, 4) is 0 Å². The lowest BCUT2D eigenvalue weighted by Crippen LogP contribution is -2.53. The molecule has 3 aliphatic heterocycles. The van der Waals surface area contributed by atoms with Gasteiger partial charge in [-0.05, 0) is 0 Å². The lowest BCUT2D eigenvalue weighted by atomic mass is 9.84. The molecule has 3 aliphatic rings. The van der Waals surface area contributed by atoms with Crippen molar-refractivity contribution in [2.75, 3.05) is 0 Å². The van der Waals surface area contributed by atoms with Gasteiger partial charge >= 0.3 is 5.97 Å². The third kappa shape index (κ3) is 0.802. The average Bonchev–Trinajstić information content (AvgIpc) is 2.25. The van der Waals surface area contributed by atoms with Crippen LogP contribution in [0.2, 0.25) is 0 Å². The minimum Gasteiger partial charge on any atom is -0.431 e. The summed E-state index contributed by atoms with van der Waals surface area (Å²) in [5.74, 6) is 0.193. The van der Waals surface area contributed by atoms with Crippen LogP contribution in [-0.2, 0) is 19.0 Å². The van der Waals surface area contributed by atoms with Crippen molar-refractivity contribution in [1.29, 1.82) is 0 Å². The highest BCUT2D eigenvalue weighted by atomic mass is 16.8. The molecule has 3 heterocycles. The Hall–Kier alpha value is -0.610. The van der Waals surface area contributed by atoms with Crippen LogP contribution in [0.1, 0.15) is 13.8 Å². The molecule has 3 saturated heterocycles. The van der Waals surface area contributed by atoms with Crippen molar-refractivity contribution in [3.63, 3.8) is 0 Å². The Morgan fingerprint density at radius 1 is 1.08 bits per heavy atom. The Labute approximate surface area is 76.1 Å². The van der Waals surface area contributed by atoms with Crippen LogP contribution in [-0.4, -0.2) is 30.6 Å². The zero-order chi connectivity index (χ0) is 9.16. The van der Waals surface area contributed by atoms with Crippen LogP contribution < -0.4 is 0 Å². The summed E-state index contributed by atoms with van der Waals surface area (Å²) in [6.07, 6.45) is -0.761. The van der Waals surface area contributed by atoms with Gasteiger partial charge in [-0.15, -0.1) is 0 Å². The van der Waals surface area contributed by atoms with E-state index in [1.807, 2.05) is 6.92 Å². The van der Waals surface area contributed by atoms with Crippen LogP contribution in [0.25, 0.3) is 0 Å². The lowest BCUT2D eigenvalue weighted by molar-refractivity contribution is -0.225. The lowest BCUT2D eigenvalue weighted by Gasteiger charge is -2.38. The van der Waals surface area contributed by atoms with E-state index in [0.717, 1.165) is 0 Å². The van der Waals surface area contributed by atoms with Crippen LogP contribution in [0.5, 0.6) is 0 Å². The SMILES string of the molecule is C[C@@H]1C2O[C@H]3OC(=O)[C@H](O[C@H]31)[C@H]2C. The molecule has 0 radical (unpaired) electrons. The summed E-state index contributed by atoms with van der Waals surface area (Å²) < 4.78 is 16.3. The quantitative estimate of drug-likeness (QED) is 0.508. The second-order valence-electron chi connectivity index (χ2n) is 4.15. The molecule has 4 nitrogen and oxygen atoms in total. The molecule has 0 N–H and O–H groups in total. The van der Waals surface area contributed by atoms with Gasteiger partial charge in [-0.3, -0.25) is 0 Å². The average molecular weight is 184 g/mol. The number of carbonyl (C=O) groups excluding carboxylic acids is 1. The molecule has 4 heteroatoms. The molecule has 3 fully saturated rings. The van der Waals surface area contributed by atoms with Crippen LogP contribution in [0.4, 0.5) is 0 Å².